The summed E-state index contributed by atoms with van der Waals surface area (Å²) in [7, 11) is 0. The summed E-state index contributed by atoms with van der Waals surface area (Å²) in [5.41, 5.74) is 1.63. The van der Waals surface area contributed by atoms with Crippen LogP contribution in [0.1, 0.15) is 52.0 Å². The van der Waals surface area contributed by atoms with Crippen molar-refractivity contribution in [2.24, 2.45) is 11.3 Å². The Bertz CT molecular complexity index is 402. The first-order chi connectivity index (χ1) is 8.88. The Kier molecular flexibility index (Phi) is 4.29. The molecule has 0 atom stereocenters. The second kappa shape index (κ2) is 5.62. The van der Waals surface area contributed by atoms with Crippen LogP contribution < -0.4 is 5.32 Å². The van der Waals surface area contributed by atoms with Gasteiger partial charge in [0.2, 0.25) is 0 Å². The highest BCUT2D eigenvalue weighted by molar-refractivity contribution is 5.23. The van der Waals surface area contributed by atoms with Crippen molar-refractivity contribution in [3.05, 3.63) is 35.6 Å². The summed E-state index contributed by atoms with van der Waals surface area (Å²) in [6.07, 6.45) is 2.36. The Hall–Kier alpha value is -0.890. The normalized spacial score (nSPS) is 23.5. The van der Waals surface area contributed by atoms with E-state index in [1.165, 1.54) is 18.4 Å². The van der Waals surface area contributed by atoms with E-state index in [1.807, 2.05) is 12.1 Å². The largest absolute Gasteiger partial charge is 0.313 e. The van der Waals surface area contributed by atoms with Crippen molar-refractivity contribution in [1.29, 1.82) is 0 Å². The van der Waals surface area contributed by atoms with Crippen molar-refractivity contribution < 1.29 is 4.39 Å². The Balaban J connectivity index is 1.76. The monoisotopic (exact) mass is 263 g/mol. The maximum absolute atomic E-state index is 12.9. The van der Waals surface area contributed by atoms with Gasteiger partial charge in [0.05, 0.1) is 0 Å². The number of hydrogen-bond donors (Lipinski definition) is 1. The second-order valence-corrected chi connectivity index (χ2v) is 6.94. The predicted molar refractivity (Wildman–Crippen MR) is 78.8 cm³/mol. The fourth-order valence-electron chi connectivity index (χ4n) is 2.40. The maximum atomic E-state index is 12.9. The van der Waals surface area contributed by atoms with Gasteiger partial charge in [0.25, 0.3) is 0 Å². The van der Waals surface area contributed by atoms with Crippen LogP contribution in [0.2, 0.25) is 0 Å². The van der Waals surface area contributed by atoms with Crippen molar-refractivity contribution in [2.45, 2.75) is 52.5 Å². The molecular formula is C17H26FN. The highest BCUT2D eigenvalue weighted by atomic mass is 19.1. The van der Waals surface area contributed by atoms with Gasteiger partial charge in [0.15, 0.2) is 0 Å². The molecule has 1 aromatic carbocycles. The summed E-state index contributed by atoms with van der Waals surface area (Å²) in [5.74, 6) is 1.16. The first-order valence-corrected chi connectivity index (χ1v) is 7.37. The van der Waals surface area contributed by atoms with E-state index < -0.39 is 0 Å². The van der Waals surface area contributed by atoms with Gasteiger partial charge in [-0.25, -0.2) is 4.39 Å². The molecule has 0 heterocycles. The van der Waals surface area contributed by atoms with E-state index in [-0.39, 0.29) is 5.82 Å². The lowest BCUT2D eigenvalue weighted by Crippen LogP contribution is -2.45. The number of rotatable bonds is 5. The summed E-state index contributed by atoms with van der Waals surface area (Å²) in [4.78, 5) is 0. The second-order valence-electron chi connectivity index (χ2n) is 6.94. The number of halogens is 1. The van der Waals surface area contributed by atoms with Crippen LogP contribution in [0.4, 0.5) is 4.39 Å². The fraction of sp³-hybridized carbons (Fsp3) is 0.647. The molecule has 1 nitrogen and oxygen atoms in total. The first kappa shape index (κ1) is 14.5. The molecule has 0 radical (unpaired) electrons. The molecule has 106 valence electrons. The van der Waals surface area contributed by atoms with Gasteiger partial charge in [-0.2, -0.15) is 0 Å². The molecule has 0 unspecified atom stereocenters. The molecule has 0 bridgehead atoms. The molecule has 2 heteroatoms. The van der Waals surface area contributed by atoms with Gasteiger partial charge < -0.3 is 5.32 Å². The SMILES string of the molecule is CC(C)C(C)(C)CNC1CC(c2ccc(F)cc2)C1. The number of hydrogen-bond acceptors (Lipinski definition) is 1. The van der Waals surface area contributed by atoms with Crippen molar-refractivity contribution >= 4 is 0 Å². The van der Waals surface area contributed by atoms with E-state index in [4.69, 9.17) is 0 Å². The van der Waals surface area contributed by atoms with Gasteiger partial charge in [-0.15, -0.1) is 0 Å². The minimum absolute atomic E-state index is 0.142. The molecule has 1 aromatic rings. The van der Waals surface area contributed by atoms with Crippen molar-refractivity contribution in [2.75, 3.05) is 6.54 Å². The van der Waals surface area contributed by atoms with E-state index in [0.717, 1.165) is 6.54 Å². The maximum Gasteiger partial charge on any atom is 0.123 e. The molecule has 1 aliphatic rings. The summed E-state index contributed by atoms with van der Waals surface area (Å²) in [6.45, 7) is 10.3. The third-order valence-corrected chi connectivity index (χ3v) is 4.89. The van der Waals surface area contributed by atoms with E-state index in [1.54, 1.807) is 12.1 Å². The number of benzene rings is 1. The molecule has 0 aromatic heterocycles. The van der Waals surface area contributed by atoms with Gasteiger partial charge in [-0.3, -0.25) is 0 Å². The quantitative estimate of drug-likeness (QED) is 0.833. The highest BCUT2D eigenvalue weighted by Crippen LogP contribution is 2.37. The average Bonchev–Trinajstić information content (AvgIpc) is 2.29. The third kappa shape index (κ3) is 3.56. The van der Waals surface area contributed by atoms with Crippen LogP contribution in [0.5, 0.6) is 0 Å². The molecule has 1 saturated carbocycles. The van der Waals surface area contributed by atoms with Gasteiger partial charge >= 0.3 is 0 Å². The minimum Gasteiger partial charge on any atom is -0.313 e. The van der Waals surface area contributed by atoms with Crippen LogP contribution >= 0.6 is 0 Å². The van der Waals surface area contributed by atoms with E-state index in [9.17, 15) is 4.39 Å². The summed E-state index contributed by atoms with van der Waals surface area (Å²) < 4.78 is 12.9. The van der Waals surface area contributed by atoms with Gasteiger partial charge in [-0.05, 0) is 47.8 Å². The first-order valence-electron chi connectivity index (χ1n) is 7.37. The van der Waals surface area contributed by atoms with Gasteiger partial charge in [0, 0.05) is 12.6 Å². The smallest absolute Gasteiger partial charge is 0.123 e. The molecule has 0 saturated heterocycles. The molecule has 0 spiro atoms. The Morgan fingerprint density at radius 3 is 2.32 bits per heavy atom. The van der Waals surface area contributed by atoms with Gasteiger partial charge in [-0.1, -0.05) is 39.8 Å². The molecule has 1 aliphatic carbocycles. The molecule has 0 amide bonds. The van der Waals surface area contributed by atoms with Crippen LogP contribution in [0, 0.1) is 17.2 Å². The average molecular weight is 263 g/mol. The molecule has 0 aliphatic heterocycles. The van der Waals surface area contributed by atoms with Crippen LogP contribution in [0.3, 0.4) is 0 Å². The Morgan fingerprint density at radius 2 is 1.79 bits per heavy atom. The van der Waals surface area contributed by atoms with E-state index >= 15 is 0 Å². The third-order valence-electron chi connectivity index (χ3n) is 4.89. The van der Waals surface area contributed by atoms with Gasteiger partial charge in [0.1, 0.15) is 5.82 Å². The summed E-state index contributed by atoms with van der Waals surface area (Å²) in [6, 6.07) is 7.62. The molecule has 2 rings (SSSR count). The van der Waals surface area contributed by atoms with Crippen molar-refractivity contribution in [1.82, 2.24) is 5.32 Å². The molecule has 1 N–H and O–H groups in total. The lowest BCUT2D eigenvalue weighted by atomic mass is 9.74. The van der Waals surface area contributed by atoms with Crippen molar-refractivity contribution in [3.8, 4) is 0 Å². The fourth-order valence-corrected chi connectivity index (χ4v) is 2.40. The van der Waals surface area contributed by atoms with Crippen LogP contribution in [-0.2, 0) is 0 Å². The zero-order chi connectivity index (χ0) is 14.0. The highest BCUT2D eigenvalue weighted by Gasteiger charge is 2.32. The van der Waals surface area contributed by atoms with Crippen LogP contribution in [-0.4, -0.2) is 12.6 Å². The standard InChI is InChI=1S/C17H26FN/c1-12(2)17(3,4)11-19-16-9-14(10-16)13-5-7-15(18)8-6-13/h5-8,12,14,16,19H,9-11H2,1-4H3. The zero-order valence-electron chi connectivity index (χ0n) is 12.5. The molecular weight excluding hydrogens is 237 g/mol. The Morgan fingerprint density at radius 1 is 1.21 bits per heavy atom. The topological polar surface area (TPSA) is 12.0 Å². The Labute approximate surface area is 116 Å². The predicted octanol–water partition coefficient (Wildman–Crippen LogP) is 4.34. The molecule has 19 heavy (non-hydrogen) atoms. The van der Waals surface area contributed by atoms with Crippen LogP contribution in [0.15, 0.2) is 24.3 Å². The van der Waals surface area contributed by atoms with E-state index in [0.29, 0.717) is 23.3 Å². The van der Waals surface area contributed by atoms with Crippen LogP contribution in [0.25, 0.3) is 0 Å². The zero-order valence-corrected chi connectivity index (χ0v) is 12.5. The minimum atomic E-state index is -0.142. The van der Waals surface area contributed by atoms with E-state index in [2.05, 4.69) is 33.0 Å². The molecule has 1 fully saturated rings. The summed E-state index contributed by atoms with van der Waals surface area (Å²) >= 11 is 0. The summed E-state index contributed by atoms with van der Waals surface area (Å²) in [5, 5.41) is 3.68. The lowest BCUT2D eigenvalue weighted by molar-refractivity contribution is 0.197. The lowest BCUT2D eigenvalue weighted by Gasteiger charge is -2.39. The number of nitrogens with one attached hydrogen (secondary N) is 1. The van der Waals surface area contributed by atoms with Crippen molar-refractivity contribution in [3.63, 3.8) is 0 Å².